The first-order chi connectivity index (χ1) is 8.86. The Morgan fingerprint density at radius 1 is 1.42 bits per heavy atom. The molecule has 0 saturated carbocycles. The van der Waals surface area contributed by atoms with Gasteiger partial charge < -0.3 is 10.5 Å². The minimum Gasteiger partial charge on any atom is -0.385 e. The lowest BCUT2D eigenvalue weighted by atomic mass is 10.2. The third-order valence-corrected chi connectivity index (χ3v) is 2.38. The van der Waals surface area contributed by atoms with Gasteiger partial charge in [0.15, 0.2) is 5.69 Å². The zero-order valence-electron chi connectivity index (χ0n) is 10.4. The summed E-state index contributed by atoms with van der Waals surface area (Å²) >= 11 is 0. The van der Waals surface area contributed by atoms with Gasteiger partial charge in [-0.05, 0) is 12.8 Å². The maximum atomic E-state index is 12.9. The summed E-state index contributed by atoms with van der Waals surface area (Å²) in [7, 11) is 1.52. The van der Waals surface area contributed by atoms with E-state index in [0.29, 0.717) is 19.4 Å². The van der Waals surface area contributed by atoms with Crippen molar-refractivity contribution in [2.75, 3.05) is 13.7 Å². The average molecular weight is 280 g/mol. The summed E-state index contributed by atoms with van der Waals surface area (Å²) in [6.07, 6.45) is -4.11. The van der Waals surface area contributed by atoms with E-state index in [2.05, 4.69) is 10.3 Å². The molecule has 0 saturated heterocycles. The Balaban J connectivity index is 2.85. The van der Waals surface area contributed by atoms with E-state index in [1.165, 1.54) is 7.11 Å². The Morgan fingerprint density at radius 2 is 2.11 bits per heavy atom. The van der Waals surface area contributed by atoms with Crippen molar-refractivity contribution in [1.82, 2.24) is 15.0 Å². The van der Waals surface area contributed by atoms with Crippen LogP contribution >= 0.6 is 0 Å². The molecule has 108 valence electrons. The highest BCUT2D eigenvalue weighted by atomic mass is 19.4. The summed E-state index contributed by atoms with van der Waals surface area (Å²) in [6, 6.07) is 0. The number of ether oxygens (including phenoxy) is 1. The molecule has 0 spiro atoms. The molecule has 1 aromatic heterocycles. The standard InChI is InChI=1S/C10H15F3N4O2/c1-19-5-3-2-4-17-9(10(11,12)13)7(15-16-17)6-8(14)18/h2-6H2,1H3,(H2,14,18). The monoisotopic (exact) mass is 280 g/mol. The Bertz CT molecular complexity index is 431. The third kappa shape index (κ3) is 4.51. The predicted octanol–water partition coefficient (Wildman–Crippen LogP) is 0.751. The summed E-state index contributed by atoms with van der Waals surface area (Å²) in [6.45, 7) is 0.522. The first-order valence-corrected chi connectivity index (χ1v) is 5.63. The van der Waals surface area contributed by atoms with Crippen molar-refractivity contribution < 1.29 is 22.7 Å². The highest BCUT2D eigenvalue weighted by Crippen LogP contribution is 2.31. The molecular weight excluding hydrogens is 265 g/mol. The average Bonchev–Trinajstić information content (AvgIpc) is 2.66. The fraction of sp³-hybridized carbons (Fsp3) is 0.700. The third-order valence-electron chi connectivity index (χ3n) is 2.38. The first-order valence-electron chi connectivity index (χ1n) is 5.63. The van der Waals surface area contributed by atoms with Crippen LogP contribution in [0.2, 0.25) is 0 Å². The van der Waals surface area contributed by atoms with E-state index in [4.69, 9.17) is 10.5 Å². The number of hydrogen-bond donors (Lipinski definition) is 1. The summed E-state index contributed by atoms with van der Waals surface area (Å²) < 4.78 is 44.2. The molecule has 9 heteroatoms. The largest absolute Gasteiger partial charge is 0.434 e. The number of primary amides is 1. The van der Waals surface area contributed by atoms with Gasteiger partial charge in [-0.2, -0.15) is 13.2 Å². The number of carbonyl (C=O) groups is 1. The van der Waals surface area contributed by atoms with Crippen LogP contribution in [-0.2, 0) is 28.7 Å². The molecule has 0 bridgehead atoms. The lowest BCUT2D eigenvalue weighted by Gasteiger charge is -2.10. The number of carbonyl (C=O) groups excluding carboxylic acids is 1. The Morgan fingerprint density at radius 3 is 2.63 bits per heavy atom. The second-order valence-electron chi connectivity index (χ2n) is 3.95. The molecule has 0 radical (unpaired) electrons. The highest BCUT2D eigenvalue weighted by molar-refractivity contribution is 5.76. The zero-order valence-corrected chi connectivity index (χ0v) is 10.4. The van der Waals surface area contributed by atoms with Crippen LogP contribution in [0.3, 0.4) is 0 Å². The van der Waals surface area contributed by atoms with Gasteiger partial charge in [-0.3, -0.25) is 4.79 Å². The van der Waals surface area contributed by atoms with E-state index in [1.807, 2.05) is 0 Å². The van der Waals surface area contributed by atoms with E-state index >= 15 is 0 Å². The molecule has 0 aliphatic heterocycles. The molecule has 0 aliphatic carbocycles. The second kappa shape index (κ2) is 6.50. The Hall–Kier alpha value is -1.64. The van der Waals surface area contributed by atoms with Gasteiger partial charge in [0.05, 0.1) is 6.42 Å². The maximum Gasteiger partial charge on any atom is 0.434 e. The van der Waals surface area contributed by atoms with Gasteiger partial charge in [0.2, 0.25) is 5.91 Å². The molecule has 1 amide bonds. The normalized spacial score (nSPS) is 11.8. The summed E-state index contributed by atoms with van der Waals surface area (Å²) in [4.78, 5) is 10.7. The lowest BCUT2D eigenvalue weighted by Crippen LogP contribution is -2.20. The molecular formula is C10H15F3N4O2. The van der Waals surface area contributed by atoms with E-state index in [0.717, 1.165) is 4.68 Å². The number of nitrogens with zero attached hydrogens (tertiary/aromatic N) is 3. The van der Waals surface area contributed by atoms with Crippen LogP contribution in [0, 0.1) is 0 Å². The molecule has 19 heavy (non-hydrogen) atoms. The van der Waals surface area contributed by atoms with Gasteiger partial charge in [-0.15, -0.1) is 5.10 Å². The fourth-order valence-electron chi connectivity index (χ4n) is 1.61. The van der Waals surface area contributed by atoms with Crippen LogP contribution in [0.25, 0.3) is 0 Å². The fourth-order valence-corrected chi connectivity index (χ4v) is 1.61. The minimum absolute atomic E-state index is 0.0595. The van der Waals surface area contributed by atoms with E-state index in [-0.39, 0.29) is 6.54 Å². The first kappa shape index (κ1) is 15.4. The topological polar surface area (TPSA) is 83.0 Å². The number of aromatic nitrogens is 3. The number of rotatable bonds is 7. The Labute approximate surface area is 107 Å². The van der Waals surface area contributed by atoms with Crippen LogP contribution in [0.1, 0.15) is 24.2 Å². The number of unbranched alkanes of at least 4 members (excludes halogenated alkanes) is 1. The van der Waals surface area contributed by atoms with Gasteiger partial charge in [0.1, 0.15) is 5.69 Å². The van der Waals surface area contributed by atoms with Crippen LogP contribution in [0.15, 0.2) is 0 Å². The van der Waals surface area contributed by atoms with Gasteiger partial charge in [-0.1, -0.05) is 5.21 Å². The number of alkyl halides is 3. The van der Waals surface area contributed by atoms with E-state index < -0.39 is 29.9 Å². The summed E-state index contributed by atoms with van der Waals surface area (Å²) in [5.41, 5.74) is 3.44. The summed E-state index contributed by atoms with van der Waals surface area (Å²) in [5.74, 6) is -0.878. The number of methoxy groups -OCH3 is 1. The van der Waals surface area contributed by atoms with Crippen molar-refractivity contribution >= 4 is 5.91 Å². The molecule has 1 aromatic rings. The van der Waals surface area contributed by atoms with Gasteiger partial charge in [0.25, 0.3) is 0 Å². The number of aryl methyl sites for hydroxylation is 1. The molecule has 1 rings (SSSR count). The van der Waals surface area contributed by atoms with Crippen LogP contribution in [0.5, 0.6) is 0 Å². The van der Waals surface area contributed by atoms with E-state index in [9.17, 15) is 18.0 Å². The van der Waals surface area contributed by atoms with Crippen molar-refractivity contribution in [2.45, 2.75) is 32.0 Å². The summed E-state index contributed by atoms with van der Waals surface area (Å²) in [5, 5.41) is 6.81. The minimum atomic E-state index is -4.62. The molecule has 0 atom stereocenters. The Kier molecular flexibility index (Phi) is 5.28. The molecule has 0 unspecified atom stereocenters. The van der Waals surface area contributed by atoms with E-state index in [1.54, 1.807) is 0 Å². The number of halogens is 3. The van der Waals surface area contributed by atoms with Gasteiger partial charge >= 0.3 is 6.18 Å². The second-order valence-corrected chi connectivity index (χ2v) is 3.95. The van der Waals surface area contributed by atoms with Crippen molar-refractivity contribution in [1.29, 1.82) is 0 Å². The van der Waals surface area contributed by atoms with Crippen molar-refractivity contribution in [3.63, 3.8) is 0 Å². The van der Waals surface area contributed by atoms with Crippen LogP contribution in [-0.4, -0.2) is 34.6 Å². The molecule has 0 aliphatic rings. The lowest BCUT2D eigenvalue weighted by molar-refractivity contribution is -0.145. The van der Waals surface area contributed by atoms with Gasteiger partial charge in [0, 0.05) is 20.3 Å². The smallest absolute Gasteiger partial charge is 0.385 e. The van der Waals surface area contributed by atoms with Crippen LogP contribution < -0.4 is 5.73 Å². The predicted molar refractivity (Wildman–Crippen MR) is 59.0 cm³/mol. The van der Waals surface area contributed by atoms with Crippen molar-refractivity contribution in [2.24, 2.45) is 5.73 Å². The number of hydrogen-bond acceptors (Lipinski definition) is 4. The molecule has 0 fully saturated rings. The molecule has 1 heterocycles. The maximum absolute atomic E-state index is 12.9. The van der Waals surface area contributed by atoms with Crippen molar-refractivity contribution in [3.05, 3.63) is 11.4 Å². The van der Waals surface area contributed by atoms with Crippen LogP contribution in [0.4, 0.5) is 13.2 Å². The molecule has 2 N–H and O–H groups in total. The SMILES string of the molecule is COCCCCn1nnc(CC(N)=O)c1C(F)(F)F. The van der Waals surface area contributed by atoms with Crippen molar-refractivity contribution in [3.8, 4) is 0 Å². The quantitative estimate of drug-likeness (QED) is 0.747. The highest BCUT2D eigenvalue weighted by Gasteiger charge is 2.39. The molecule has 0 aromatic carbocycles. The molecule has 6 nitrogen and oxygen atoms in total. The van der Waals surface area contributed by atoms with Gasteiger partial charge in [-0.25, -0.2) is 4.68 Å². The zero-order chi connectivity index (χ0) is 14.5. The number of nitrogens with two attached hydrogens (primary N) is 1. The number of amides is 1.